The summed E-state index contributed by atoms with van der Waals surface area (Å²) in [4.78, 5) is 0. The molecule has 1 aromatic carbocycles. The Kier molecular flexibility index (Phi) is 5.22. The van der Waals surface area contributed by atoms with Crippen LogP contribution in [0.4, 0.5) is 0 Å². The number of rotatable bonds is 7. The van der Waals surface area contributed by atoms with E-state index in [0.717, 1.165) is 24.3 Å². The minimum atomic E-state index is 0.0316. The van der Waals surface area contributed by atoms with Gasteiger partial charge >= 0.3 is 0 Å². The summed E-state index contributed by atoms with van der Waals surface area (Å²) in [6.07, 6.45) is 2.51. The van der Waals surface area contributed by atoms with Crippen molar-refractivity contribution in [1.82, 2.24) is 5.32 Å². The van der Waals surface area contributed by atoms with Crippen LogP contribution in [0.3, 0.4) is 0 Å². The average molecular weight is 289 g/mol. The van der Waals surface area contributed by atoms with Crippen LogP contribution in [0.1, 0.15) is 16.9 Å². The topological polar surface area (TPSA) is 93.0 Å². The zero-order valence-electron chi connectivity index (χ0n) is 11.9. The van der Waals surface area contributed by atoms with Gasteiger partial charge in [0.15, 0.2) is 5.84 Å². The fraction of sp³-hybridized carbons (Fsp3) is 0.267. The largest absolute Gasteiger partial charge is 0.496 e. The van der Waals surface area contributed by atoms with Crippen LogP contribution in [0.25, 0.3) is 0 Å². The Balaban J connectivity index is 1.91. The molecule has 6 heteroatoms. The molecule has 112 valence electrons. The van der Waals surface area contributed by atoms with Crippen LogP contribution in [-0.2, 0) is 13.0 Å². The van der Waals surface area contributed by atoms with E-state index >= 15 is 0 Å². The number of nitrogens with one attached hydrogen (secondary N) is 1. The monoisotopic (exact) mass is 289 g/mol. The summed E-state index contributed by atoms with van der Waals surface area (Å²) < 4.78 is 10.5. The van der Waals surface area contributed by atoms with E-state index in [4.69, 9.17) is 20.1 Å². The number of amidine groups is 1. The summed E-state index contributed by atoms with van der Waals surface area (Å²) in [5.41, 5.74) is 7.22. The normalized spacial score (nSPS) is 11.6. The molecule has 0 saturated heterocycles. The number of ether oxygens (including phenoxy) is 1. The van der Waals surface area contributed by atoms with E-state index in [1.165, 1.54) is 0 Å². The number of benzene rings is 1. The Bertz CT molecular complexity index is 594. The summed E-state index contributed by atoms with van der Waals surface area (Å²) in [5.74, 6) is 1.57. The summed E-state index contributed by atoms with van der Waals surface area (Å²) in [6, 6.07) is 9.39. The highest BCUT2D eigenvalue weighted by Crippen LogP contribution is 2.20. The maximum atomic E-state index is 8.73. The molecule has 0 amide bonds. The molecule has 0 saturated carbocycles. The SMILES string of the molecule is COc1cc(CNCCc2ccco2)ccc1/C(N)=N/O. The molecular formula is C15H19N3O3. The molecule has 6 nitrogen and oxygen atoms in total. The molecule has 2 rings (SSSR count). The van der Waals surface area contributed by atoms with E-state index in [1.807, 2.05) is 24.3 Å². The van der Waals surface area contributed by atoms with E-state index in [-0.39, 0.29) is 5.84 Å². The molecule has 1 heterocycles. The van der Waals surface area contributed by atoms with E-state index in [1.54, 1.807) is 19.4 Å². The van der Waals surface area contributed by atoms with E-state index < -0.39 is 0 Å². The molecule has 0 fully saturated rings. The Morgan fingerprint density at radius 2 is 2.29 bits per heavy atom. The van der Waals surface area contributed by atoms with Crippen LogP contribution in [0.5, 0.6) is 5.75 Å². The second kappa shape index (κ2) is 7.35. The number of hydrogen-bond donors (Lipinski definition) is 3. The average Bonchev–Trinajstić information content (AvgIpc) is 3.04. The van der Waals surface area contributed by atoms with Crippen molar-refractivity contribution in [1.29, 1.82) is 0 Å². The van der Waals surface area contributed by atoms with Crippen molar-refractivity contribution in [2.24, 2.45) is 10.9 Å². The number of nitrogens with zero attached hydrogens (tertiary/aromatic N) is 1. The van der Waals surface area contributed by atoms with E-state index in [2.05, 4.69) is 10.5 Å². The summed E-state index contributed by atoms with van der Waals surface area (Å²) in [5, 5.41) is 15.0. The second-order valence-electron chi connectivity index (χ2n) is 4.53. The Labute approximate surface area is 123 Å². The molecule has 0 radical (unpaired) electrons. The van der Waals surface area contributed by atoms with Gasteiger partial charge in [-0.3, -0.25) is 0 Å². The van der Waals surface area contributed by atoms with Crippen LogP contribution in [0.2, 0.25) is 0 Å². The van der Waals surface area contributed by atoms with Crippen molar-refractivity contribution in [2.75, 3.05) is 13.7 Å². The lowest BCUT2D eigenvalue weighted by Crippen LogP contribution is -2.18. The Hall–Kier alpha value is -2.47. The second-order valence-corrected chi connectivity index (χ2v) is 4.53. The third-order valence-corrected chi connectivity index (χ3v) is 3.11. The van der Waals surface area contributed by atoms with Gasteiger partial charge in [0.25, 0.3) is 0 Å². The molecule has 0 unspecified atom stereocenters. The van der Waals surface area contributed by atoms with Gasteiger partial charge < -0.3 is 25.4 Å². The predicted octanol–water partition coefficient (Wildman–Crippen LogP) is 1.71. The number of furan rings is 1. The van der Waals surface area contributed by atoms with Crippen LogP contribution in [0, 0.1) is 0 Å². The summed E-state index contributed by atoms with van der Waals surface area (Å²) in [7, 11) is 1.55. The van der Waals surface area contributed by atoms with Gasteiger partial charge in [0.1, 0.15) is 11.5 Å². The lowest BCUT2D eigenvalue weighted by Gasteiger charge is -2.10. The summed E-state index contributed by atoms with van der Waals surface area (Å²) in [6.45, 7) is 1.52. The summed E-state index contributed by atoms with van der Waals surface area (Å²) >= 11 is 0. The Morgan fingerprint density at radius 1 is 1.43 bits per heavy atom. The van der Waals surface area contributed by atoms with Crippen LogP contribution < -0.4 is 15.8 Å². The maximum Gasteiger partial charge on any atom is 0.173 e. The van der Waals surface area contributed by atoms with Gasteiger partial charge in [-0.1, -0.05) is 11.2 Å². The first-order valence-electron chi connectivity index (χ1n) is 6.62. The van der Waals surface area contributed by atoms with Gasteiger partial charge in [-0.15, -0.1) is 0 Å². The lowest BCUT2D eigenvalue weighted by molar-refractivity contribution is 0.318. The first-order valence-corrected chi connectivity index (χ1v) is 6.62. The molecule has 4 N–H and O–H groups in total. The number of methoxy groups -OCH3 is 1. The standard InChI is InChI=1S/C15H19N3O3/c1-20-14-9-11(4-5-13(14)15(16)18-19)10-17-7-6-12-3-2-8-21-12/h2-5,8-9,17,19H,6-7,10H2,1H3,(H2,16,18). The molecule has 2 aromatic rings. The fourth-order valence-electron chi connectivity index (χ4n) is 2.01. The quantitative estimate of drug-likeness (QED) is 0.237. The van der Waals surface area contributed by atoms with Crippen LogP contribution in [-0.4, -0.2) is 24.7 Å². The molecule has 0 aliphatic rings. The molecule has 0 spiro atoms. The molecule has 0 aliphatic carbocycles. The van der Waals surface area contributed by atoms with Gasteiger partial charge in [0, 0.05) is 19.5 Å². The Morgan fingerprint density at radius 3 is 2.95 bits per heavy atom. The predicted molar refractivity (Wildman–Crippen MR) is 79.6 cm³/mol. The molecule has 21 heavy (non-hydrogen) atoms. The van der Waals surface area contributed by atoms with Crippen molar-refractivity contribution in [3.05, 3.63) is 53.5 Å². The van der Waals surface area contributed by atoms with Crippen molar-refractivity contribution < 1.29 is 14.4 Å². The van der Waals surface area contributed by atoms with Crippen molar-refractivity contribution in [3.63, 3.8) is 0 Å². The van der Waals surface area contributed by atoms with Crippen LogP contribution in [0.15, 0.2) is 46.2 Å². The minimum absolute atomic E-state index is 0.0316. The van der Waals surface area contributed by atoms with E-state index in [0.29, 0.717) is 17.9 Å². The number of nitrogens with two attached hydrogens (primary N) is 1. The van der Waals surface area contributed by atoms with Crippen molar-refractivity contribution in [3.8, 4) is 5.75 Å². The highest BCUT2D eigenvalue weighted by atomic mass is 16.5. The van der Waals surface area contributed by atoms with Crippen LogP contribution >= 0.6 is 0 Å². The molecule has 0 aliphatic heterocycles. The highest BCUT2D eigenvalue weighted by Gasteiger charge is 2.08. The van der Waals surface area contributed by atoms with E-state index in [9.17, 15) is 0 Å². The van der Waals surface area contributed by atoms with Gasteiger partial charge in [-0.25, -0.2) is 0 Å². The first-order chi connectivity index (χ1) is 10.2. The first kappa shape index (κ1) is 14.9. The van der Waals surface area contributed by atoms with Gasteiger partial charge in [-0.05, 0) is 29.8 Å². The zero-order chi connectivity index (χ0) is 15.1. The molecular weight excluding hydrogens is 270 g/mol. The lowest BCUT2D eigenvalue weighted by atomic mass is 10.1. The zero-order valence-corrected chi connectivity index (χ0v) is 11.9. The maximum absolute atomic E-state index is 8.73. The van der Waals surface area contributed by atoms with Crippen molar-refractivity contribution in [2.45, 2.75) is 13.0 Å². The molecule has 1 aromatic heterocycles. The smallest absolute Gasteiger partial charge is 0.173 e. The van der Waals surface area contributed by atoms with Gasteiger partial charge in [0.2, 0.25) is 0 Å². The highest BCUT2D eigenvalue weighted by molar-refractivity contribution is 5.99. The number of hydrogen-bond acceptors (Lipinski definition) is 5. The molecule has 0 atom stereocenters. The number of oxime groups is 1. The third-order valence-electron chi connectivity index (χ3n) is 3.11. The third kappa shape index (κ3) is 4.00. The fourth-order valence-corrected chi connectivity index (χ4v) is 2.01. The van der Waals surface area contributed by atoms with Crippen molar-refractivity contribution >= 4 is 5.84 Å². The minimum Gasteiger partial charge on any atom is -0.496 e. The van der Waals surface area contributed by atoms with Gasteiger partial charge in [0.05, 0.1) is 18.9 Å². The molecule has 0 bridgehead atoms. The van der Waals surface area contributed by atoms with Gasteiger partial charge in [-0.2, -0.15) is 0 Å².